The molecule has 0 bridgehead atoms. The Balaban J connectivity index is 1.46. The number of fused-ring (bicyclic) bond motifs is 1. The van der Waals surface area contributed by atoms with Crippen molar-refractivity contribution in [3.63, 3.8) is 0 Å². The molecule has 184 valence electrons. The fourth-order valence-electron chi connectivity index (χ4n) is 3.81. The second-order valence-corrected chi connectivity index (χ2v) is 8.74. The Morgan fingerprint density at radius 2 is 2.09 bits per heavy atom. The minimum absolute atomic E-state index is 0.0277. The Hall–Kier alpha value is -3.36. The maximum atomic E-state index is 11.4. The zero-order valence-electron chi connectivity index (χ0n) is 20.1. The fraction of sp³-hybridized carbons (Fsp3) is 0.346. The van der Waals surface area contributed by atoms with E-state index in [0.29, 0.717) is 42.1 Å². The molecular weight excluding hydrogens is 468 g/mol. The number of hydrogen-bond acceptors (Lipinski definition) is 7. The number of carbonyl (C=O) groups excluding carboxylic acids is 1. The van der Waals surface area contributed by atoms with Gasteiger partial charge in [0.1, 0.15) is 5.75 Å². The van der Waals surface area contributed by atoms with Crippen LogP contribution in [-0.2, 0) is 16.0 Å². The van der Waals surface area contributed by atoms with Crippen molar-refractivity contribution in [1.29, 1.82) is 0 Å². The van der Waals surface area contributed by atoms with E-state index in [1.165, 1.54) is 5.56 Å². The molecule has 0 saturated carbocycles. The van der Waals surface area contributed by atoms with E-state index < -0.39 is 0 Å². The third kappa shape index (κ3) is 6.01. The number of benzene rings is 2. The van der Waals surface area contributed by atoms with Crippen molar-refractivity contribution in [3.8, 4) is 28.6 Å². The van der Waals surface area contributed by atoms with Gasteiger partial charge >= 0.3 is 5.97 Å². The minimum Gasteiger partial charge on any atom is -0.489 e. The lowest BCUT2D eigenvalue weighted by atomic mass is 10.1. The third-order valence-corrected chi connectivity index (χ3v) is 5.69. The number of para-hydroxylation sites is 1. The maximum absolute atomic E-state index is 11.4. The van der Waals surface area contributed by atoms with E-state index in [-0.39, 0.29) is 12.1 Å². The molecule has 0 aliphatic heterocycles. The van der Waals surface area contributed by atoms with Crippen LogP contribution >= 0.6 is 11.6 Å². The van der Waals surface area contributed by atoms with E-state index in [0.717, 1.165) is 35.0 Å². The number of aromatic amines is 1. The second-order valence-electron chi connectivity index (χ2n) is 8.33. The van der Waals surface area contributed by atoms with Gasteiger partial charge in [0.25, 0.3) is 5.89 Å². The lowest BCUT2D eigenvalue weighted by Gasteiger charge is -2.11. The molecule has 0 radical (unpaired) electrons. The van der Waals surface area contributed by atoms with E-state index >= 15 is 0 Å². The summed E-state index contributed by atoms with van der Waals surface area (Å²) in [6, 6.07) is 11.4. The Morgan fingerprint density at radius 3 is 2.86 bits per heavy atom. The first kappa shape index (κ1) is 24.8. The number of nitrogens with zero attached hydrogens (tertiary/aromatic N) is 2. The van der Waals surface area contributed by atoms with Crippen LogP contribution in [0.15, 0.2) is 47.1 Å². The van der Waals surface area contributed by atoms with Crippen LogP contribution < -0.4 is 10.1 Å². The number of H-pyrrole nitrogens is 1. The molecule has 0 atom stereocenters. The molecule has 0 fully saturated rings. The average Bonchev–Trinajstić information content (AvgIpc) is 3.48. The third-order valence-electron chi connectivity index (χ3n) is 5.39. The largest absolute Gasteiger partial charge is 0.489 e. The highest BCUT2D eigenvalue weighted by Crippen LogP contribution is 2.33. The van der Waals surface area contributed by atoms with Crippen LogP contribution in [0.5, 0.6) is 5.75 Å². The quantitative estimate of drug-likeness (QED) is 0.211. The summed E-state index contributed by atoms with van der Waals surface area (Å²) in [5.74, 6) is 1.31. The summed E-state index contributed by atoms with van der Waals surface area (Å²) in [6.45, 7) is 7.45. The average molecular weight is 497 g/mol. The SMILES string of the molecule is CCOC(=O)CCNCCc1c[nH]c2c(-c3noc(-c4ccc(OC(C)C)c(Cl)c4)n3)cccc12. The number of hydrogen-bond donors (Lipinski definition) is 2. The molecule has 4 rings (SSSR count). The zero-order chi connectivity index (χ0) is 24.8. The van der Waals surface area contributed by atoms with Gasteiger partial charge in [-0.25, -0.2) is 0 Å². The topological polar surface area (TPSA) is 102 Å². The van der Waals surface area contributed by atoms with E-state index in [4.69, 9.17) is 25.6 Å². The summed E-state index contributed by atoms with van der Waals surface area (Å²) >= 11 is 6.37. The van der Waals surface area contributed by atoms with Gasteiger partial charge in [-0.3, -0.25) is 4.79 Å². The molecular formula is C26H29ClN4O4. The number of aromatic nitrogens is 3. The molecule has 0 aliphatic carbocycles. The molecule has 2 aromatic carbocycles. The van der Waals surface area contributed by atoms with Crippen molar-refractivity contribution in [1.82, 2.24) is 20.4 Å². The van der Waals surface area contributed by atoms with Crippen LogP contribution in [0.2, 0.25) is 5.02 Å². The fourth-order valence-corrected chi connectivity index (χ4v) is 4.04. The van der Waals surface area contributed by atoms with Gasteiger partial charge in [0.15, 0.2) is 0 Å². The van der Waals surface area contributed by atoms with Crippen LogP contribution in [0.1, 0.15) is 32.8 Å². The highest BCUT2D eigenvalue weighted by Gasteiger charge is 2.16. The number of ether oxygens (including phenoxy) is 2. The first-order valence-electron chi connectivity index (χ1n) is 11.7. The Bertz CT molecular complexity index is 1300. The van der Waals surface area contributed by atoms with Crippen molar-refractivity contribution < 1.29 is 18.8 Å². The first-order chi connectivity index (χ1) is 17.0. The number of carbonyl (C=O) groups is 1. The van der Waals surface area contributed by atoms with E-state index in [1.54, 1.807) is 12.1 Å². The van der Waals surface area contributed by atoms with E-state index in [9.17, 15) is 4.79 Å². The van der Waals surface area contributed by atoms with Crippen LogP contribution in [0.25, 0.3) is 33.7 Å². The molecule has 2 aromatic heterocycles. The van der Waals surface area contributed by atoms with Crippen LogP contribution in [-0.4, -0.2) is 46.9 Å². The first-order valence-corrected chi connectivity index (χ1v) is 12.1. The summed E-state index contributed by atoms with van der Waals surface area (Å²) < 4.78 is 16.2. The van der Waals surface area contributed by atoms with Gasteiger partial charge < -0.3 is 24.3 Å². The number of halogens is 1. The number of nitrogens with one attached hydrogen (secondary N) is 2. The molecule has 0 aliphatic rings. The molecule has 8 nitrogen and oxygen atoms in total. The molecule has 35 heavy (non-hydrogen) atoms. The van der Waals surface area contributed by atoms with Crippen LogP contribution in [0, 0.1) is 0 Å². The summed E-state index contributed by atoms with van der Waals surface area (Å²) in [5, 5.41) is 9.08. The van der Waals surface area contributed by atoms with Crippen LogP contribution in [0.4, 0.5) is 0 Å². The molecule has 0 amide bonds. The summed E-state index contributed by atoms with van der Waals surface area (Å²) in [6.07, 6.45) is 3.20. The van der Waals surface area contributed by atoms with Crippen molar-refractivity contribution in [2.75, 3.05) is 19.7 Å². The van der Waals surface area contributed by atoms with Crippen LogP contribution in [0.3, 0.4) is 0 Å². The normalized spacial score (nSPS) is 11.3. The van der Waals surface area contributed by atoms with E-state index in [1.807, 2.05) is 45.2 Å². The molecule has 4 aromatic rings. The molecule has 2 N–H and O–H groups in total. The smallest absolute Gasteiger partial charge is 0.307 e. The number of rotatable bonds is 11. The van der Waals surface area contributed by atoms with Crippen molar-refractivity contribution in [2.24, 2.45) is 0 Å². The summed E-state index contributed by atoms with van der Waals surface area (Å²) in [7, 11) is 0. The monoisotopic (exact) mass is 496 g/mol. The molecule has 0 unspecified atom stereocenters. The van der Waals surface area contributed by atoms with Gasteiger partial charge in [-0.2, -0.15) is 4.98 Å². The molecule has 9 heteroatoms. The zero-order valence-corrected chi connectivity index (χ0v) is 20.8. The molecule has 0 saturated heterocycles. The minimum atomic E-state index is -0.182. The summed E-state index contributed by atoms with van der Waals surface area (Å²) in [4.78, 5) is 19.4. The van der Waals surface area contributed by atoms with Gasteiger partial charge in [-0.1, -0.05) is 28.9 Å². The van der Waals surface area contributed by atoms with E-state index in [2.05, 4.69) is 26.5 Å². The predicted octanol–water partition coefficient (Wildman–Crippen LogP) is 5.41. The predicted molar refractivity (Wildman–Crippen MR) is 136 cm³/mol. The van der Waals surface area contributed by atoms with Crippen molar-refractivity contribution in [3.05, 3.63) is 53.2 Å². The number of esters is 1. The Labute approximate surface area is 209 Å². The molecule has 0 spiro atoms. The lowest BCUT2D eigenvalue weighted by Crippen LogP contribution is -2.21. The highest BCUT2D eigenvalue weighted by molar-refractivity contribution is 6.32. The van der Waals surface area contributed by atoms with Crippen molar-refractivity contribution in [2.45, 2.75) is 39.7 Å². The Morgan fingerprint density at radius 1 is 1.23 bits per heavy atom. The Kier molecular flexibility index (Phi) is 8.05. The summed E-state index contributed by atoms with van der Waals surface area (Å²) in [5.41, 5.74) is 3.68. The van der Waals surface area contributed by atoms with Gasteiger partial charge in [-0.15, -0.1) is 0 Å². The second kappa shape index (κ2) is 11.4. The van der Waals surface area contributed by atoms with Crippen molar-refractivity contribution >= 4 is 28.5 Å². The maximum Gasteiger partial charge on any atom is 0.307 e. The van der Waals surface area contributed by atoms with Gasteiger partial charge in [-0.05, 0) is 63.6 Å². The molecule has 2 heterocycles. The standard InChI is InChI=1S/C26H29ClN4O4/c1-4-33-23(32)11-13-28-12-10-18-15-29-24-19(18)6-5-7-20(24)25-30-26(35-31-25)17-8-9-22(21(27)14-17)34-16(2)3/h5-9,14-16,28-29H,4,10-13H2,1-3H3. The lowest BCUT2D eigenvalue weighted by molar-refractivity contribution is -0.142. The van der Waals surface area contributed by atoms with Gasteiger partial charge in [0.05, 0.1) is 29.7 Å². The van der Waals surface area contributed by atoms with Gasteiger partial charge in [0.2, 0.25) is 5.82 Å². The highest BCUT2D eigenvalue weighted by atomic mass is 35.5. The van der Waals surface area contributed by atoms with Gasteiger partial charge in [0, 0.05) is 29.3 Å².